The second-order valence-corrected chi connectivity index (χ2v) is 8.78. The third-order valence-electron chi connectivity index (χ3n) is 7.06. The summed E-state index contributed by atoms with van der Waals surface area (Å²) in [5, 5.41) is 0. The summed E-state index contributed by atoms with van der Waals surface area (Å²) in [5.74, 6) is 2.84. The van der Waals surface area contributed by atoms with Crippen LogP contribution in [0.5, 0.6) is 0 Å². The van der Waals surface area contributed by atoms with Gasteiger partial charge in [0.25, 0.3) is 0 Å². The van der Waals surface area contributed by atoms with Gasteiger partial charge in [0.1, 0.15) is 0 Å². The summed E-state index contributed by atoms with van der Waals surface area (Å²) >= 11 is 0. The highest BCUT2D eigenvalue weighted by atomic mass is 14.6. The van der Waals surface area contributed by atoms with Crippen LogP contribution in [0.4, 0.5) is 0 Å². The van der Waals surface area contributed by atoms with Crippen molar-refractivity contribution in [2.24, 2.45) is 28.6 Å². The fourth-order valence-corrected chi connectivity index (χ4v) is 5.49. The van der Waals surface area contributed by atoms with Gasteiger partial charge in [0.15, 0.2) is 0 Å². The van der Waals surface area contributed by atoms with Gasteiger partial charge in [-0.2, -0.15) is 0 Å². The average molecular weight is 274 g/mol. The third kappa shape index (κ3) is 2.38. The molecule has 3 rings (SSSR count). The van der Waals surface area contributed by atoms with Crippen molar-refractivity contribution < 1.29 is 0 Å². The molecule has 0 aliphatic heterocycles. The molecule has 3 aliphatic carbocycles. The van der Waals surface area contributed by atoms with E-state index in [2.05, 4.69) is 34.6 Å². The Bertz CT molecular complexity index is 410. The SMILES string of the molecule is CCC(CC)(CC(C)C)C1CCC2(C)C/C2=C2\CC2C1. The molecule has 2 fully saturated rings. The van der Waals surface area contributed by atoms with Gasteiger partial charge in [-0.05, 0) is 67.1 Å². The average Bonchev–Trinajstić information content (AvgIpc) is 3.28. The molecule has 20 heavy (non-hydrogen) atoms. The Labute approximate surface area is 126 Å². The van der Waals surface area contributed by atoms with Crippen LogP contribution in [-0.4, -0.2) is 0 Å². The molecule has 0 saturated heterocycles. The van der Waals surface area contributed by atoms with Crippen molar-refractivity contribution in [2.75, 3.05) is 0 Å². The van der Waals surface area contributed by atoms with Gasteiger partial charge < -0.3 is 0 Å². The Morgan fingerprint density at radius 2 is 1.95 bits per heavy atom. The molecular weight excluding hydrogens is 240 g/mol. The zero-order chi connectivity index (χ0) is 14.5. The molecule has 0 heteroatoms. The Balaban J connectivity index is 1.80. The summed E-state index contributed by atoms with van der Waals surface area (Å²) in [4.78, 5) is 0. The van der Waals surface area contributed by atoms with E-state index in [0.29, 0.717) is 10.8 Å². The molecule has 0 N–H and O–H groups in total. The first-order valence-corrected chi connectivity index (χ1v) is 9.16. The van der Waals surface area contributed by atoms with Crippen molar-refractivity contribution in [1.82, 2.24) is 0 Å². The maximum Gasteiger partial charge on any atom is -0.00757 e. The summed E-state index contributed by atoms with van der Waals surface area (Å²) in [6, 6.07) is 0. The minimum absolute atomic E-state index is 0.630. The molecule has 3 aliphatic rings. The summed E-state index contributed by atoms with van der Waals surface area (Å²) in [6.07, 6.45) is 11.6. The largest absolute Gasteiger partial charge is 0.0664 e. The van der Waals surface area contributed by atoms with Crippen molar-refractivity contribution in [1.29, 1.82) is 0 Å². The molecule has 0 aromatic rings. The molecule has 0 heterocycles. The van der Waals surface area contributed by atoms with Crippen LogP contribution in [0.15, 0.2) is 11.1 Å². The Morgan fingerprint density at radius 3 is 2.55 bits per heavy atom. The highest BCUT2D eigenvalue weighted by Crippen LogP contribution is 2.66. The lowest BCUT2D eigenvalue weighted by Crippen LogP contribution is -2.32. The summed E-state index contributed by atoms with van der Waals surface area (Å²) in [6.45, 7) is 12.3. The van der Waals surface area contributed by atoms with E-state index >= 15 is 0 Å². The zero-order valence-electron chi connectivity index (χ0n) is 14.4. The topological polar surface area (TPSA) is 0 Å². The van der Waals surface area contributed by atoms with Crippen LogP contribution < -0.4 is 0 Å². The van der Waals surface area contributed by atoms with E-state index in [1.807, 2.05) is 11.1 Å². The minimum Gasteiger partial charge on any atom is -0.0664 e. The van der Waals surface area contributed by atoms with E-state index in [1.165, 1.54) is 51.4 Å². The van der Waals surface area contributed by atoms with Gasteiger partial charge in [-0.1, -0.05) is 58.6 Å². The van der Waals surface area contributed by atoms with E-state index < -0.39 is 0 Å². The van der Waals surface area contributed by atoms with Crippen LogP contribution in [0.2, 0.25) is 0 Å². The molecule has 0 radical (unpaired) electrons. The standard InChI is InChI=1S/C20H34/c1-6-20(7-2,12-14(3)4)16-8-9-19(5)13-18(19)17-11-15(17)10-16/h14-16H,6-13H2,1-5H3/b18-17-. The number of allylic oxidation sites excluding steroid dienone is 2. The fraction of sp³-hybridized carbons (Fsp3) is 0.900. The second kappa shape index (κ2) is 4.89. The van der Waals surface area contributed by atoms with E-state index in [1.54, 1.807) is 0 Å². The van der Waals surface area contributed by atoms with Crippen molar-refractivity contribution in [2.45, 2.75) is 86.0 Å². The van der Waals surface area contributed by atoms with E-state index in [9.17, 15) is 0 Å². The van der Waals surface area contributed by atoms with Gasteiger partial charge in [-0.3, -0.25) is 0 Å². The van der Waals surface area contributed by atoms with Crippen LogP contribution in [0.1, 0.15) is 86.0 Å². The smallest absolute Gasteiger partial charge is 0.00757 e. The van der Waals surface area contributed by atoms with E-state index in [4.69, 9.17) is 0 Å². The summed E-state index contributed by atoms with van der Waals surface area (Å²) < 4.78 is 0. The summed E-state index contributed by atoms with van der Waals surface area (Å²) in [7, 11) is 0. The summed E-state index contributed by atoms with van der Waals surface area (Å²) in [5.41, 5.74) is 5.07. The molecule has 0 aromatic heterocycles. The number of rotatable bonds is 5. The maximum absolute atomic E-state index is 2.54. The fourth-order valence-electron chi connectivity index (χ4n) is 5.49. The Morgan fingerprint density at radius 1 is 1.25 bits per heavy atom. The van der Waals surface area contributed by atoms with Gasteiger partial charge in [-0.25, -0.2) is 0 Å². The number of hydrogen-bond donors (Lipinski definition) is 0. The molecule has 3 atom stereocenters. The lowest BCUT2D eigenvalue weighted by Gasteiger charge is -2.42. The zero-order valence-corrected chi connectivity index (χ0v) is 14.4. The van der Waals surface area contributed by atoms with Crippen LogP contribution >= 0.6 is 0 Å². The first kappa shape index (κ1) is 14.7. The first-order valence-electron chi connectivity index (χ1n) is 9.16. The third-order valence-corrected chi connectivity index (χ3v) is 7.06. The lowest BCUT2D eigenvalue weighted by molar-refractivity contribution is 0.0833. The first-order chi connectivity index (χ1) is 9.44. The van der Waals surface area contributed by atoms with Gasteiger partial charge in [0, 0.05) is 0 Å². The predicted molar refractivity (Wildman–Crippen MR) is 87.7 cm³/mol. The maximum atomic E-state index is 2.54. The highest BCUT2D eigenvalue weighted by molar-refractivity contribution is 5.44. The molecule has 0 bridgehead atoms. The van der Waals surface area contributed by atoms with Crippen LogP contribution in [0, 0.1) is 28.6 Å². The van der Waals surface area contributed by atoms with Gasteiger partial charge in [0.05, 0.1) is 0 Å². The van der Waals surface area contributed by atoms with Crippen LogP contribution in [0.25, 0.3) is 0 Å². The monoisotopic (exact) mass is 274 g/mol. The van der Waals surface area contributed by atoms with Crippen LogP contribution in [-0.2, 0) is 0 Å². The highest BCUT2D eigenvalue weighted by Gasteiger charge is 2.53. The van der Waals surface area contributed by atoms with Gasteiger partial charge >= 0.3 is 0 Å². The number of hydrogen-bond acceptors (Lipinski definition) is 0. The second-order valence-electron chi connectivity index (χ2n) is 8.78. The molecule has 2 saturated carbocycles. The number of fused-ring (bicyclic) bond motifs is 2. The lowest BCUT2D eigenvalue weighted by atomic mass is 9.63. The molecule has 114 valence electrons. The Kier molecular flexibility index (Phi) is 3.58. The van der Waals surface area contributed by atoms with Crippen molar-refractivity contribution in [3.8, 4) is 0 Å². The van der Waals surface area contributed by atoms with Gasteiger partial charge in [0.2, 0.25) is 0 Å². The molecule has 0 spiro atoms. The molecular formula is C20H34. The molecule has 0 nitrogen and oxygen atoms in total. The molecule has 3 unspecified atom stereocenters. The van der Waals surface area contributed by atoms with Crippen molar-refractivity contribution in [3.05, 3.63) is 11.1 Å². The Hall–Kier alpha value is -0.260. The van der Waals surface area contributed by atoms with E-state index in [-0.39, 0.29) is 0 Å². The minimum atomic E-state index is 0.630. The normalized spacial score (nSPS) is 39.9. The van der Waals surface area contributed by atoms with Crippen molar-refractivity contribution >= 4 is 0 Å². The van der Waals surface area contributed by atoms with E-state index in [0.717, 1.165) is 17.8 Å². The molecule has 0 aromatic carbocycles. The quantitative estimate of drug-likeness (QED) is 0.511. The predicted octanol–water partition coefficient (Wildman–Crippen LogP) is 6.37. The van der Waals surface area contributed by atoms with Gasteiger partial charge in [-0.15, -0.1) is 0 Å². The van der Waals surface area contributed by atoms with Crippen LogP contribution in [0.3, 0.4) is 0 Å². The molecule has 0 amide bonds. The van der Waals surface area contributed by atoms with Crippen molar-refractivity contribution in [3.63, 3.8) is 0 Å².